The highest BCUT2D eigenvalue weighted by Gasteiger charge is 2.10. The number of nitrogen functional groups attached to an aromatic ring is 2. The van der Waals surface area contributed by atoms with Gasteiger partial charge in [-0.1, -0.05) is 0 Å². The molecule has 0 spiro atoms. The van der Waals surface area contributed by atoms with Crippen LogP contribution in [-0.4, -0.2) is 29.9 Å². The van der Waals surface area contributed by atoms with Crippen molar-refractivity contribution in [2.24, 2.45) is 0 Å². The molecule has 16 heavy (non-hydrogen) atoms. The lowest BCUT2D eigenvalue weighted by Gasteiger charge is -2.11. The molecule has 1 aromatic heterocycles. The van der Waals surface area contributed by atoms with Crippen LogP contribution in [-0.2, 0) is 4.74 Å². The van der Waals surface area contributed by atoms with Gasteiger partial charge in [-0.15, -0.1) is 0 Å². The number of ether oxygens (including phenoxy) is 2. The fourth-order valence-electron chi connectivity index (χ4n) is 1.06. The number of nitrogens with one attached hydrogen (secondary N) is 1. The van der Waals surface area contributed by atoms with Gasteiger partial charge in [0.1, 0.15) is 5.69 Å². The minimum absolute atomic E-state index is 0.0860. The summed E-state index contributed by atoms with van der Waals surface area (Å²) in [4.78, 5) is 7.85. The van der Waals surface area contributed by atoms with Crippen molar-refractivity contribution < 1.29 is 9.47 Å². The lowest BCUT2D eigenvalue weighted by molar-refractivity contribution is 0.0202. The third-order valence-electron chi connectivity index (χ3n) is 1.76. The summed E-state index contributed by atoms with van der Waals surface area (Å²) in [7, 11) is 0. The maximum Gasteiger partial charge on any atom is 0.246 e. The number of hydrogen-bond donors (Lipinski definition) is 3. The van der Waals surface area contributed by atoms with Crippen molar-refractivity contribution in [2.75, 3.05) is 36.7 Å². The topological polar surface area (TPSA) is 108 Å². The van der Waals surface area contributed by atoms with E-state index in [0.29, 0.717) is 24.7 Å². The summed E-state index contributed by atoms with van der Waals surface area (Å²) >= 11 is 0. The Balaban J connectivity index is 2.81. The molecule has 5 N–H and O–H groups in total. The second kappa shape index (κ2) is 5.96. The molecule has 0 unspecified atom stereocenters. The monoisotopic (exact) mass is 227 g/mol. The summed E-state index contributed by atoms with van der Waals surface area (Å²) in [6.07, 6.45) is 0. The third-order valence-corrected chi connectivity index (χ3v) is 1.76. The van der Waals surface area contributed by atoms with Crippen LogP contribution >= 0.6 is 0 Å². The fourth-order valence-corrected chi connectivity index (χ4v) is 1.06. The first-order chi connectivity index (χ1) is 7.69. The van der Waals surface area contributed by atoms with Crippen LogP contribution < -0.4 is 21.5 Å². The Hall–Kier alpha value is -1.76. The lowest BCUT2D eigenvalue weighted by Crippen LogP contribution is -2.11. The maximum atomic E-state index is 5.80. The summed E-state index contributed by atoms with van der Waals surface area (Å²) in [5.74, 6) is 0.815. The Morgan fingerprint density at radius 1 is 1.25 bits per heavy atom. The predicted octanol–water partition coefficient (Wildman–Crippen LogP) is 0.446. The first-order valence-electron chi connectivity index (χ1n) is 5.06. The molecule has 0 aromatic carbocycles. The van der Waals surface area contributed by atoms with E-state index in [0.717, 1.165) is 0 Å². The number of hydrogen-bond acceptors (Lipinski definition) is 7. The molecular formula is C9H17N5O2. The van der Waals surface area contributed by atoms with Crippen molar-refractivity contribution in [3.05, 3.63) is 0 Å². The van der Waals surface area contributed by atoms with E-state index in [-0.39, 0.29) is 18.6 Å². The van der Waals surface area contributed by atoms with E-state index in [2.05, 4.69) is 15.3 Å². The van der Waals surface area contributed by atoms with Crippen LogP contribution in [0.25, 0.3) is 0 Å². The number of aromatic nitrogens is 2. The standard InChI is InChI=1S/C9H17N5O2/c1-3-12-7-6(10)8(14-9(11)13-7)16-5-15-4-2/h3-5,10H2,1-2H3,(H3,11,12,13,14). The van der Waals surface area contributed by atoms with E-state index in [1.54, 1.807) is 0 Å². The second-order valence-electron chi connectivity index (χ2n) is 2.93. The summed E-state index contributed by atoms with van der Waals surface area (Å²) in [6.45, 7) is 5.12. The minimum Gasteiger partial charge on any atom is -0.449 e. The SMILES string of the molecule is CCNc1nc(N)nc(OCOCC)c1N. The van der Waals surface area contributed by atoms with Crippen molar-refractivity contribution in [1.29, 1.82) is 0 Å². The first kappa shape index (κ1) is 12.3. The van der Waals surface area contributed by atoms with Gasteiger partial charge in [-0.3, -0.25) is 0 Å². The number of rotatable bonds is 6. The molecule has 0 atom stereocenters. The molecule has 0 bridgehead atoms. The molecule has 0 fully saturated rings. The first-order valence-corrected chi connectivity index (χ1v) is 5.06. The smallest absolute Gasteiger partial charge is 0.246 e. The van der Waals surface area contributed by atoms with Crippen LogP contribution in [0.2, 0.25) is 0 Å². The zero-order valence-corrected chi connectivity index (χ0v) is 9.49. The summed E-state index contributed by atoms with van der Waals surface area (Å²) < 4.78 is 10.3. The van der Waals surface area contributed by atoms with Gasteiger partial charge in [-0.25, -0.2) is 0 Å². The van der Waals surface area contributed by atoms with E-state index in [1.165, 1.54) is 0 Å². The Morgan fingerprint density at radius 3 is 2.62 bits per heavy atom. The maximum absolute atomic E-state index is 5.80. The Morgan fingerprint density at radius 2 is 2.00 bits per heavy atom. The van der Waals surface area contributed by atoms with E-state index in [4.69, 9.17) is 20.9 Å². The van der Waals surface area contributed by atoms with Gasteiger partial charge < -0.3 is 26.3 Å². The number of anilines is 3. The van der Waals surface area contributed by atoms with Crippen molar-refractivity contribution in [3.8, 4) is 5.88 Å². The van der Waals surface area contributed by atoms with Crippen LogP contribution in [0.4, 0.5) is 17.5 Å². The minimum atomic E-state index is 0.0860. The molecule has 7 heteroatoms. The van der Waals surface area contributed by atoms with Gasteiger partial charge in [-0.2, -0.15) is 9.97 Å². The average Bonchev–Trinajstić information content (AvgIpc) is 2.25. The molecule has 90 valence electrons. The molecule has 0 aliphatic heterocycles. The Bertz CT molecular complexity index is 345. The van der Waals surface area contributed by atoms with Crippen LogP contribution in [0.15, 0.2) is 0 Å². The van der Waals surface area contributed by atoms with Crippen LogP contribution in [0.1, 0.15) is 13.8 Å². The molecular weight excluding hydrogens is 210 g/mol. The van der Waals surface area contributed by atoms with Gasteiger partial charge in [0.25, 0.3) is 0 Å². The van der Waals surface area contributed by atoms with E-state index in [9.17, 15) is 0 Å². The predicted molar refractivity (Wildman–Crippen MR) is 62.1 cm³/mol. The summed E-state index contributed by atoms with van der Waals surface area (Å²) in [6, 6.07) is 0. The van der Waals surface area contributed by atoms with Crippen LogP contribution in [0.5, 0.6) is 5.88 Å². The number of nitrogens with zero attached hydrogens (tertiary/aromatic N) is 2. The molecule has 1 aromatic rings. The number of nitrogens with two attached hydrogens (primary N) is 2. The summed E-state index contributed by atoms with van der Waals surface area (Å²) in [5, 5.41) is 2.97. The largest absolute Gasteiger partial charge is 0.449 e. The highest BCUT2D eigenvalue weighted by Crippen LogP contribution is 2.26. The van der Waals surface area contributed by atoms with Crippen molar-refractivity contribution in [2.45, 2.75) is 13.8 Å². The van der Waals surface area contributed by atoms with Crippen LogP contribution in [0.3, 0.4) is 0 Å². The fraction of sp³-hybridized carbons (Fsp3) is 0.556. The lowest BCUT2D eigenvalue weighted by atomic mass is 10.4. The van der Waals surface area contributed by atoms with E-state index >= 15 is 0 Å². The molecule has 1 rings (SSSR count). The van der Waals surface area contributed by atoms with Crippen LogP contribution in [0, 0.1) is 0 Å². The molecule has 0 saturated carbocycles. The van der Waals surface area contributed by atoms with E-state index < -0.39 is 0 Å². The molecule has 1 heterocycles. The van der Waals surface area contributed by atoms with Gasteiger partial charge >= 0.3 is 0 Å². The molecule has 0 aliphatic rings. The van der Waals surface area contributed by atoms with Crippen molar-refractivity contribution in [3.63, 3.8) is 0 Å². The molecule has 0 aliphatic carbocycles. The van der Waals surface area contributed by atoms with Gasteiger partial charge in [0, 0.05) is 13.2 Å². The van der Waals surface area contributed by atoms with Crippen molar-refractivity contribution in [1.82, 2.24) is 9.97 Å². The quantitative estimate of drug-likeness (QED) is 0.478. The Labute approximate surface area is 94.2 Å². The Kier molecular flexibility index (Phi) is 4.59. The zero-order chi connectivity index (χ0) is 12.0. The van der Waals surface area contributed by atoms with E-state index in [1.807, 2.05) is 13.8 Å². The zero-order valence-electron chi connectivity index (χ0n) is 9.49. The normalized spacial score (nSPS) is 10.1. The summed E-state index contributed by atoms with van der Waals surface area (Å²) in [5.41, 5.74) is 11.7. The molecule has 7 nitrogen and oxygen atoms in total. The average molecular weight is 227 g/mol. The highest BCUT2D eigenvalue weighted by molar-refractivity contribution is 5.68. The van der Waals surface area contributed by atoms with Crippen molar-refractivity contribution >= 4 is 17.5 Å². The second-order valence-corrected chi connectivity index (χ2v) is 2.93. The molecule has 0 amide bonds. The van der Waals surface area contributed by atoms with Gasteiger partial charge in [0.15, 0.2) is 12.6 Å². The van der Waals surface area contributed by atoms with Gasteiger partial charge in [0.05, 0.1) is 0 Å². The van der Waals surface area contributed by atoms with Gasteiger partial charge in [0.2, 0.25) is 11.8 Å². The molecule has 0 radical (unpaired) electrons. The van der Waals surface area contributed by atoms with Gasteiger partial charge in [-0.05, 0) is 13.8 Å². The molecule has 0 saturated heterocycles. The third kappa shape index (κ3) is 3.13. The highest BCUT2D eigenvalue weighted by atomic mass is 16.7.